The van der Waals surface area contributed by atoms with E-state index < -0.39 is 0 Å². The Kier molecular flexibility index (Phi) is 4.62. The van der Waals surface area contributed by atoms with Crippen LogP contribution in [0, 0.1) is 5.92 Å². The van der Waals surface area contributed by atoms with Crippen molar-refractivity contribution in [1.29, 1.82) is 0 Å². The summed E-state index contributed by atoms with van der Waals surface area (Å²) < 4.78 is 6.44. The fourth-order valence-corrected chi connectivity index (χ4v) is 5.79. The normalized spacial score (nSPS) is 45.5. The van der Waals surface area contributed by atoms with Crippen LogP contribution in [0.2, 0.25) is 0 Å². The number of fused-ring (bicyclic) bond motifs is 2. The maximum Gasteiger partial charge on any atom is 0.320 e. The summed E-state index contributed by atoms with van der Waals surface area (Å²) in [7, 11) is 0. The van der Waals surface area contributed by atoms with Gasteiger partial charge >= 0.3 is 6.03 Å². The Morgan fingerprint density at radius 3 is 2.89 bits per heavy atom. The van der Waals surface area contributed by atoms with Crippen LogP contribution in [0.1, 0.15) is 45.4 Å². The summed E-state index contributed by atoms with van der Waals surface area (Å²) in [4.78, 5) is 29.8. The smallest absolute Gasteiger partial charge is 0.320 e. The summed E-state index contributed by atoms with van der Waals surface area (Å²) in [6.45, 7) is 4.81. The van der Waals surface area contributed by atoms with Crippen LogP contribution in [0.15, 0.2) is 0 Å². The van der Waals surface area contributed by atoms with E-state index in [2.05, 4.69) is 27.8 Å². The average molecular weight is 377 g/mol. The van der Waals surface area contributed by atoms with Crippen LogP contribution in [-0.4, -0.2) is 78.0 Å². The first kappa shape index (κ1) is 17.8. The molecule has 5 aliphatic heterocycles. The molecule has 27 heavy (non-hydrogen) atoms. The number of carbonyl (C=O) groups is 2. The number of urea groups is 1. The number of Topliss-reactive ketones (excluding diaryl/α,β-unsaturated/α-hetero) is 1. The maximum atomic E-state index is 12.9. The van der Waals surface area contributed by atoms with Crippen LogP contribution in [0.3, 0.4) is 0 Å². The van der Waals surface area contributed by atoms with Crippen LogP contribution >= 0.6 is 0 Å². The van der Waals surface area contributed by atoms with Gasteiger partial charge < -0.3 is 15.0 Å². The molecule has 8 heteroatoms. The Balaban J connectivity index is 1.47. The van der Waals surface area contributed by atoms with Gasteiger partial charge in [-0.25, -0.2) is 4.79 Å². The largest absolute Gasteiger partial charge is 0.373 e. The van der Waals surface area contributed by atoms with Crippen LogP contribution in [0.4, 0.5) is 4.79 Å². The molecule has 8 nitrogen and oxygen atoms in total. The maximum absolute atomic E-state index is 12.9. The molecule has 7 atom stereocenters. The van der Waals surface area contributed by atoms with Crippen molar-refractivity contribution >= 4 is 11.8 Å². The number of carbonyl (C=O) groups excluding carboxylic acids is 2. The van der Waals surface area contributed by atoms with E-state index in [0.717, 1.165) is 51.7 Å². The fraction of sp³-hybridized carbons (Fsp3) is 0.895. The molecular formula is C19H31N5O3. The van der Waals surface area contributed by atoms with Crippen molar-refractivity contribution in [3.63, 3.8) is 0 Å². The Morgan fingerprint density at radius 2 is 2.00 bits per heavy atom. The molecule has 5 heterocycles. The van der Waals surface area contributed by atoms with Crippen molar-refractivity contribution in [3.05, 3.63) is 0 Å². The lowest BCUT2D eigenvalue weighted by Gasteiger charge is -2.50. The molecule has 5 saturated heterocycles. The lowest BCUT2D eigenvalue weighted by Crippen LogP contribution is -2.68. The molecule has 0 saturated carbocycles. The minimum atomic E-state index is -0.0602. The van der Waals surface area contributed by atoms with Gasteiger partial charge in [-0.1, -0.05) is 0 Å². The lowest BCUT2D eigenvalue weighted by atomic mass is 9.84. The summed E-state index contributed by atoms with van der Waals surface area (Å²) in [5.41, 5.74) is 0. The molecule has 0 aromatic rings. The number of hydrogen-bond acceptors (Lipinski definition) is 6. The van der Waals surface area contributed by atoms with Gasteiger partial charge in [0.15, 0.2) is 0 Å². The van der Waals surface area contributed by atoms with E-state index in [9.17, 15) is 9.59 Å². The lowest BCUT2D eigenvalue weighted by molar-refractivity contribution is -0.135. The topological polar surface area (TPSA) is 85.9 Å². The molecule has 0 aliphatic carbocycles. The zero-order valence-corrected chi connectivity index (χ0v) is 16.0. The molecule has 0 spiro atoms. The highest BCUT2D eigenvalue weighted by atomic mass is 16.5. The summed E-state index contributed by atoms with van der Waals surface area (Å²) in [6, 6.07) is -0.0303. The third-order valence-electron chi connectivity index (χ3n) is 7.10. The number of ketones is 1. The van der Waals surface area contributed by atoms with E-state index in [4.69, 9.17) is 4.74 Å². The average Bonchev–Trinajstić information content (AvgIpc) is 2.99. The molecule has 5 fully saturated rings. The van der Waals surface area contributed by atoms with Crippen LogP contribution in [-0.2, 0) is 9.53 Å². The Hall–Kier alpha value is -1.22. The molecule has 0 radical (unpaired) electrons. The third kappa shape index (κ3) is 3.06. The molecule has 0 aromatic carbocycles. The molecule has 150 valence electrons. The highest BCUT2D eigenvalue weighted by Gasteiger charge is 2.52. The van der Waals surface area contributed by atoms with Crippen LogP contribution < -0.4 is 16.0 Å². The number of rotatable bonds is 0. The van der Waals surface area contributed by atoms with Crippen LogP contribution in [0.5, 0.6) is 0 Å². The van der Waals surface area contributed by atoms with Gasteiger partial charge in [0.25, 0.3) is 0 Å². The van der Waals surface area contributed by atoms with Gasteiger partial charge in [0.1, 0.15) is 11.9 Å². The van der Waals surface area contributed by atoms with E-state index in [1.165, 1.54) is 0 Å². The van der Waals surface area contributed by atoms with Gasteiger partial charge in [-0.2, -0.15) is 0 Å². The van der Waals surface area contributed by atoms with Gasteiger partial charge in [0, 0.05) is 18.9 Å². The van der Waals surface area contributed by atoms with Crippen molar-refractivity contribution in [2.24, 2.45) is 5.92 Å². The Bertz CT molecular complexity index is 616. The quantitative estimate of drug-likeness (QED) is 0.559. The van der Waals surface area contributed by atoms with Crippen LogP contribution in [0.25, 0.3) is 0 Å². The first-order chi connectivity index (χ1) is 13.1. The molecule has 6 unspecified atom stereocenters. The SMILES string of the molecule is C[C@@H]1CCCN2CCC(=O)C3CCC(NC32)N2C(=O)NC3NCCC(O1)C32. The summed E-state index contributed by atoms with van der Waals surface area (Å²) >= 11 is 0. The second kappa shape index (κ2) is 6.99. The predicted octanol–water partition coefficient (Wildman–Crippen LogP) is 0.194. The van der Waals surface area contributed by atoms with Crippen molar-refractivity contribution < 1.29 is 14.3 Å². The molecule has 5 rings (SSSR count). The molecule has 5 aliphatic rings. The van der Waals surface area contributed by atoms with Gasteiger partial charge in [-0.3, -0.25) is 20.3 Å². The van der Waals surface area contributed by atoms with Crippen molar-refractivity contribution in [2.45, 2.75) is 82.2 Å². The van der Waals surface area contributed by atoms with Gasteiger partial charge in [-0.05, 0) is 52.1 Å². The third-order valence-corrected chi connectivity index (χ3v) is 7.10. The first-order valence-corrected chi connectivity index (χ1v) is 10.6. The molecule has 2 amide bonds. The highest BCUT2D eigenvalue weighted by Crippen LogP contribution is 2.34. The minimum Gasteiger partial charge on any atom is -0.373 e. The molecule has 2 bridgehead atoms. The van der Waals surface area contributed by atoms with Crippen molar-refractivity contribution in [1.82, 2.24) is 25.8 Å². The number of nitrogens with one attached hydrogen (secondary N) is 3. The van der Waals surface area contributed by atoms with Gasteiger partial charge in [-0.15, -0.1) is 0 Å². The number of ether oxygens (including phenoxy) is 1. The van der Waals surface area contributed by atoms with Crippen molar-refractivity contribution in [3.8, 4) is 0 Å². The Labute approximate surface area is 160 Å². The number of hydrogen-bond donors (Lipinski definition) is 3. The first-order valence-electron chi connectivity index (χ1n) is 10.6. The predicted molar refractivity (Wildman–Crippen MR) is 98.8 cm³/mol. The van der Waals surface area contributed by atoms with Gasteiger partial charge in [0.05, 0.1) is 30.6 Å². The highest BCUT2D eigenvalue weighted by molar-refractivity contribution is 5.83. The second-order valence-corrected chi connectivity index (χ2v) is 8.76. The summed E-state index contributed by atoms with van der Waals surface area (Å²) in [5.74, 6) is 0.445. The number of amides is 2. The van der Waals surface area contributed by atoms with E-state index in [1.54, 1.807) is 0 Å². The standard InChI is InChI=1S/C19H31N5O3/c1-11-3-2-9-23-10-7-13(25)12-4-5-15(21-18(12)23)24-16-14(27-11)6-8-20-17(16)22-19(24)26/h11-12,14-18,20-21H,2-10H2,1H3,(H,22,26)/t11-,12?,14?,15?,16?,17?,18?/m1/s1. The minimum absolute atomic E-state index is 0.00470. The molecular weight excluding hydrogens is 346 g/mol. The fourth-order valence-electron chi connectivity index (χ4n) is 5.79. The van der Waals surface area contributed by atoms with E-state index in [1.807, 2.05) is 4.90 Å². The monoisotopic (exact) mass is 377 g/mol. The number of nitrogens with zero attached hydrogens (tertiary/aromatic N) is 2. The zero-order chi connectivity index (χ0) is 18.5. The zero-order valence-electron chi connectivity index (χ0n) is 16.0. The van der Waals surface area contributed by atoms with E-state index in [0.29, 0.717) is 12.2 Å². The molecule has 3 N–H and O–H groups in total. The second-order valence-electron chi connectivity index (χ2n) is 8.76. The molecule has 0 aromatic heterocycles. The van der Waals surface area contributed by atoms with Gasteiger partial charge in [0.2, 0.25) is 0 Å². The van der Waals surface area contributed by atoms with E-state index >= 15 is 0 Å². The van der Waals surface area contributed by atoms with E-state index in [-0.39, 0.29) is 48.7 Å². The Morgan fingerprint density at radius 1 is 1.11 bits per heavy atom. The number of piperidine rings is 3. The van der Waals surface area contributed by atoms with Crippen molar-refractivity contribution in [2.75, 3.05) is 19.6 Å². The summed E-state index contributed by atoms with van der Waals surface area (Å²) in [5, 5.41) is 10.2. The summed E-state index contributed by atoms with van der Waals surface area (Å²) in [6.07, 6.45) is 5.51.